The lowest BCUT2D eigenvalue weighted by molar-refractivity contribution is -0.140. The summed E-state index contributed by atoms with van der Waals surface area (Å²) in [6, 6.07) is 9.55. The molecular formula is C15H13F3N4O. The molecule has 2 aromatic heterocycles. The van der Waals surface area contributed by atoms with Gasteiger partial charge in [-0.3, -0.25) is 0 Å². The highest BCUT2D eigenvalue weighted by atomic mass is 19.4. The van der Waals surface area contributed by atoms with E-state index in [2.05, 4.69) is 20.3 Å². The topological polar surface area (TPSA) is 73.8 Å². The second-order valence-electron chi connectivity index (χ2n) is 4.96. The van der Waals surface area contributed by atoms with E-state index in [-0.39, 0.29) is 23.5 Å². The number of aliphatic hydroxyl groups excluding tert-OH is 1. The summed E-state index contributed by atoms with van der Waals surface area (Å²) in [6.07, 6.45) is -3.32. The summed E-state index contributed by atoms with van der Waals surface area (Å²) in [4.78, 5) is 10.0. The van der Waals surface area contributed by atoms with Crippen LogP contribution in [-0.4, -0.2) is 26.7 Å². The molecule has 0 saturated heterocycles. The lowest BCUT2D eigenvalue weighted by Gasteiger charge is -2.17. The van der Waals surface area contributed by atoms with Crippen molar-refractivity contribution in [2.45, 2.75) is 12.2 Å². The molecule has 3 aromatic rings. The Hall–Kier alpha value is -2.61. The van der Waals surface area contributed by atoms with E-state index in [1.165, 1.54) is 6.33 Å². The number of H-pyrrole nitrogens is 1. The fourth-order valence-electron chi connectivity index (χ4n) is 2.29. The van der Waals surface area contributed by atoms with Crippen molar-refractivity contribution in [3.63, 3.8) is 0 Å². The second kappa shape index (κ2) is 5.88. The minimum Gasteiger partial charge on any atom is -0.394 e. The molecule has 0 amide bonds. The standard InChI is InChI=1S/C15H13F3N4O/c16-15(17,18)12-6-10-13(19-8-20-14(10)22-12)21-11(7-23)9-4-2-1-3-5-9/h1-6,8,11,23H,7H2,(H2,19,20,21,22)/t11-/m1/s1. The molecule has 23 heavy (non-hydrogen) atoms. The molecule has 0 unspecified atom stereocenters. The number of alkyl halides is 3. The number of hydrogen-bond donors (Lipinski definition) is 3. The predicted molar refractivity (Wildman–Crippen MR) is 78.8 cm³/mol. The smallest absolute Gasteiger partial charge is 0.394 e. The first-order valence-corrected chi connectivity index (χ1v) is 6.82. The van der Waals surface area contributed by atoms with Crippen LogP contribution in [0.2, 0.25) is 0 Å². The van der Waals surface area contributed by atoms with Gasteiger partial charge in [0.15, 0.2) is 0 Å². The van der Waals surface area contributed by atoms with Gasteiger partial charge in [-0.2, -0.15) is 13.2 Å². The van der Waals surface area contributed by atoms with Gasteiger partial charge >= 0.3 is 6.18 Å². The van der Waals surface area contributed by atoms with Crippen LogP contribution >= 0.6 is 0 Å². The quantitative estimate of drug-likeness (QED) is 0.690. The number of aromatic amines is 1. The van der Waals surface area contributed by atoms with Gasteiger partial charge in [0, 0.05) is 0 Å². The molecule has 0 saturated carbocycles. The van der Waals surface area contributed by atoms with Gasteiger partial charge in [0.1, 0.15) is 23.5 Å². The van der Waals surface area contributed by atoms with E-state index < -0.39 is 17.9 Å². The Bertz CT molecular complexity index is 801. The van der Waals surface area contributed by atoms with Gasteiger partial charge in [-0.05, 0) is 11.6 Å². The average molecular weight is 322 g/mol. The average Bonchev–Trinajstić information content (AvgIpc) is 2.98. The highest BCUT2D eigenvalue weighted by molar-refractivity contribution is 5.87. The van der Waals surface area contributed by atoms with Crippen LogP contribution in [0.3, 0.4) is 0 Å². The van der Waals surface area contributed by atoms with E-state index in [9.17, 15) is 18.3 Å². The number of anilines is 1. The predicted octanol–water partition coefficient (Wildman–Crippen LogP) is 3.12. The van der Waals surface area contributed by atoms with Crippen molar-refractivity contribution in [2.75, 3.05) is 11.9 Å². The van der Waals surface area contributed by atoms with Crippen molar-refractivity contribution in [3.8, 4) is 0 Å². The first-order chi connectivity index (χ1) is 11.0. The SMILES string of the molecule is OC[C@@H](Nc1ncnc2[nH]c(C(F)(F)F)cc12)c1ccccc1. The van der Waals surface area contributed by atoms with Crippen LogP contribution in [0.1, 0.15) is 17.3 Å². The van der Waals surface area contributed by atoms with Crippen molar-refractivity contribution < 1.29 is 18.3 Å². The second-order valence-corrected chi connectivity index (χ2v) is 4.96. The monoisotopic (exact) mass is 322 g/mol. The number of nitrogens with one attached hydrogen (secondary N) is 2. The number of aliphatic hydroxyl groups is 1. The van der Waals surface area contributed by atoms with Gasteiger partial charge < -0.3 is 15.4 Å². The summed E-state index contributed by atoms with van der Waals surface area (Å²) in [5, 5.41) is 12.7. The van der Waals surface area contributed by atoms with E-state index in [1.807, 2.05) is 30.3 Å². The third kappa shape index (κ3) is 3.11. The van der Waals surface area contributed by atoms with Crippen molar-refractivity contribution in [1.29, 1.82) is 0 Å². The number of benzene rings is 1. The van der Waals surface area contributed by atoms with Crippen LogP contribution in [0.4, 0.5) is 19.0 Å². The fourth-order valence-corrected chi connectivity index (χ4v) is 2.29. The van der Waals surface area contributed by atoms with Crippen LogP contribution in [0.25, 0.3) is 11.0 Å². The summed E-state index contributed by atoms with van der Waals surface area (Å²) < 4.78 is 38.4. The van der Waals surface area contributed by atoms with Gasteiger partial charge in [0.25, 0.3) is 0 Å². The summed E-state index contributed by atoms with van der Waals surface area (Å²) in [6.45, 7) is -0.230. The highest BCUT2D eigenvalue weighted by Gasteiger charge is 2.33. The molecule has 2 heterocycles. The molecule has 3 N–H and O–H groups in total. The first kappa shape index (κ1) is 15.3. The van der Waals surface area contributed by atoms with Gasteiger partial charge in [-0.15, -0.1) is 0 Å². The van der Waals surface area contributed by atoms with Crippen molar-refractivity contribution in [2.24, 2.45) is 0 Å². The molecule has 0 fully saturated rings. The number of nitrogens with zero attached hydrogens (tertiary/aromatic N) is 2. The third-order valence-electron chi connectivity index (χ3n) is 3.43. The molecule has 120 valence electrons. The zero-order valence-electron chi connectivity index (χ0n) is 11.8. The van der Waals surface area contributed by atoms with E-state index >= 15 is 0 Å². The summed E-state index contributed by atoms with van der Waals surface area (Å²) in [7, 11) is 0. The summed E-state index contributed by atoms with van der Waals surface area (Å²) in [5.74, 6) is 0.227. The lowest BCUT2D eigenvalue weighted by Crippen LogP contribution is -2.15. The maximum Gasteiger partial charge on any atom is 0.431 e. The van der Waals surface area contributed by atoms with Crippen molar-refractivity contribution in [3.05, 3.63) is 54.0 Å². The Balaban J connectivity index is 1.98. The maximum absolute atomic E-state index is 12.8. The molecule has 0 spiro atoms. The molecule has 0 aliphatic heterocycles. The maximum atomic E-state index is 12.8. The minimum atomic E-state index is -4.49. The van der Waals surface area contributed by atoms with Gasteiger partial charge in [0.05, 0.1) is 18.0 Å². The van der Waals surface area contributed by atoms with Gasteiger partial charge in [-0.1, -0.05) is 30.3 Å². The zero-order chi connectivity index (χ0) is 16.4. The van der Waals surface area contributed by atoms with E-state index in [0.29, 0.717) is 0 Å². The zero-order valence-corrected chi connectivity index (χ0v) is 11.8. The van der Waals surface area contributed by atoms with E-state index in [0.717, 1.165) is 11.6 Å². The molecule has 0 bridgehead atoms. The molecule has 3 rings (SSSR count). The lowest BCUT2D eigenvalue weighted by atomic mass is 10.1. The van der Waals surface area contributed by atoms with E-state index in [1.54, 1.807) is 0 Å². The summed E-state index contributed by atoms with van der Waals surface area (Å²) >= 11 is 0. The number of hydrogen-bond acceptors (Lipinski definition) is 4. The number of halogens is 3. The molecule has 1 aromatic carbocycles. The Morgan fingerprint density at radius 1 is 1.17 bits per heavy atom. The minimum absolute atomic E-state index is 0.0829. The Morgan fingerprint density at radius 3 is 2.57 bits per heavy atom. The van der Waals surface area contributed by atoms with Gasteiger partial charge in [0.2, 0.25) is 0 Å². The van der Waals surface area contributed by atoms with Crippen LogP contribution in [0.5, 0.6) is 0 Å². The van der Waals surface area contributed by atoms with Crippen LogP contribution < -0.4 is 5.32 Å². The van der Waals surface area contributed by atoms with Crippen molar-refractivity contribution >= 4 is 16.9 Å². The van der Waals surface area contributed by atoms with Gasteiger partial charge in [-0.25, -0.2) is 9.97 Å². The number of aromatic nitrogens is 3. The Morgan fingerprint density at radius 2 is 1.91 bits per heavy atom. The molecule has 5 nitrogen and oxygen atoms in total. The van der Waals surface area contributed by atoms with E-state index in [4.69, 9.17) is 0 Å². The Labute approximate surface area is 129 Å². The highest BCUT2D eigenvalue weighted by Crippen LogP contribution is 2.33. The normalized spacial score (nSPS) is 13.2. The molecule has 8 heteroatoms. The first-order valence-electron chi connectivity index (χ1n) is 6.82. The van der Waals surface area contributed by atoms with Crippen LogP contribution in [0, 0.1) is 0 Å². The fraction of sp³-hybridized carbons (Fsp3) is 0.200. The number of rotatable bonds is 4. The Kier molecular flexibility index (Phi) is 3.91. The van der Waals surface area contributed by atoms with Crippen LogP contribution in [0.15, 0.2) is 42.7 Å². The molecule has 0 radical (unpaired) electrons. The van der Waals surface area contributed by atoms with Crippen molar-refractivity contribution in [1.82, 2.24) is 15.0 Å². The summed E-state index contributed by atoms with van der Waals surface area (Å²) in [5.41, 5.74) is -0.00997. The molecule has 0 aliphatic carbocycles. The van der Waals surface area contributed by atoms with Crippen LogP contribution in [-0.2, 0) is 6.18 Å². The third-order valence-corrected chi connectivity index (χ3v) is 3.43. The molecule has 1 atom stereocenters. The molecule has 0 aliphatic rings. The largest absolute Gasteiger partial charge is 0.431 e. The number of fused-ring (bicyclic) bond motifs is 1. The molecular weight excluding hydrogens is 309 g/mol.